The summed E-state index contributed by atoms with van der Waals surface area (Å²) in [4.78, 5) is 11.2. The van der Waals surface area contributed by atoms with E-state index in [1.54, 1.807) is 7.05 Å². The molecule has 12 heavy (non-hydrogen) atoms. The second-order valence-corrected chi connectivity index (χ2v) is 2.74. The van der Waals surface area contributed by atoms with Crippen LogP contribution in [0.5, 0.6) is 0 Å². The summed E-state index contributed by atoms with van der Waals surface area (Å²) in [5.41, 5.74) is 0.877. The molecular formula is C8H17N3O. The van der Waals surface area contributed by atoms with Gasteiger partial charge in [0.25, 0.3) is 5.91 Å². The van der Waals surface area contributed by atoms with Gasteiger partial charge in [0.2, 0.25) is 0 Å². The lowest BCUT2D eigenvalue weighted by Crippen LogP contribution is -2.32. The molecule has 0 aliphatic rings. The van der Waals surface area contributed by atoms with Crippen LogP contribution < -0.4 is 5.32 Å². The van der Waals surface area contributed by atoms with E-state index in [0.29, 0.717) is 6.54 Å². The zero-order chi connectivity index (χ0) is 9.56. The van der Waals surface area contributed by atoms with E-state index < -0.39 is 0 Å². The summed E-state index contributed by atoms with van der Waals surface area (Å²) < 4.78 is 0. The van der Waals surface area contributed by atoms with Gasteiger partial charge in [0.15, 0.2) is 0 Å². The monoisotopic (exact) mass is 171 g/mol. The third-order valence-electron chi connectivity index (χ3n) is 1.24. The fourth-order valence-corrected chi connectivity index (χ4v) is 0.702. The highest BCUT2D eigenvalue weighted by molar-refractivity contribution is 5.83. The third-order valence-corrected chi connectivity index (χ3v) is 1.24. The molecule has 70 valence electrons. The average molecular weight is 171 g/mol. The Balaban J connectivity index is 3.85. The van der Waals surface area contributed by atoms with E-state index in [4.69, 9.17) is 0 Å². The molecule has 0 saturated heterocycles. The van der Waals surface area contributed by atoms with Crippen LogP contribution in [-0.2, 0) is 4.79 Å². The molecule has 0 radical (unpaired) electrons. The van der Waals surface area contributed by atoms with Gasteiger partial charge in [0.1, 0.15) is 0 Å². The van der Waals surface area contributed by atoms with Crippen molar-refractivity contribution < 1.29 is 4.79 Å². The minimum Gasteiger partial charge on any atom is -0.309 e. The Labute approximate surface area is 73.6 Å². The molecule has 0 heterocycles. The smallest absolute Gasteiger partial charge is 0.256 e. The van der Waals surface area contributed by atoms with Crippen molar-refractivity contribution in [3.63, 3.8) is 0 Å². The van der Waals surface area contributed by atoms with E-state index in [1.807, 2.05) is 20.8 Å². The molecule has 0 atom stereocenters. The number of nitrogens with one attached hydrogen (secondary N) is 1. The van der Waals surface area contributed by atoms with Crippen molar-refractivity contribution in [2.75, 3.05) is 20.1 Å². The number of rotatable bonds is 4. The van der Waals surface area contributed by atoms with Gasteiger partial charge in [0, 0.05) is 12.8 Å². The maximum Gasteiger partial charge on any atom is 0.256 e. The molecule has 0 aromatic carbocycles. The predicted octanol–water partition coefficient (Wildman–Crippen LogP) is 0.450. The molecule has 0 unspecified atom stereocenters. The summed E-state index contributed by atoms with van der Waals surface area (Å²) in [6.07, 6.45) is 0. The van der Waals surface area contributed by atoms with Crippen molar-refractivity contribution >= 4 is 11.6 Å². The second kappa shape index (κ2) is 5.71. The molecule has 0 spiro atoms. The maximum absolute atomic E-state index is 11.2. The van der Waals surface area contributed by atoms with Crippen LogP contribution in [0.25, 0.3) is 0 Å². The summed E-state index contributed by atoms with van der Waals surface area (Å²) >= 11 is 0. The molecular weight excluding hydrogens is 154 g/mol. The van der Waals surface area contributed by atoms with E-state index >= 15 is 0 Å². The van der Waals surface area contributed by atoms with Gasteiger partial charge in [-0.2, -0.15) is 5.10 Å². The highest BCUT2D eigenvalue weighted by Gasteiger charge is 2.04. The Morgan fingerprint density at radius 2 is 2.08 bits per heavy atom. The first kappa shape index (κ1) is 11.1. The van der Waals surface area contributed by atoms with Crippen LogP contribution in [0.2, 0.25) is 0 Å². The van der Waals surface area contributed by atoms with Gasteiger partial charge in [-0.3, -0.25) is 4.79 Å². The van der Waals surface area contributed by atoms with Crippen LogP contribution in [0.15, 0.2) is 5.10 Å². The fraction of sp³-hybridized carbons (Fsp3) is 0.750. The van der Waals surface area contributed by atoms with Gasteiger partial charge in [-0.15, -0.1) is 0 Å². The van der Waals surface area contributed by atoms with Crippen molar-refractivity contribution in [3.05, 3.63) is 0 Å². The minimum absolute atomic E-state index is 0.0157. The number of hydrogen-bond donors (Lipinski definition) is 1. The summed E-state index contributed by atoms with van der Waals surface area (Å²) in [6.45, 7) is 6.83. The van der Waals surface area contributed by atoms with Crippen LogP contribution in [-0.4, -0.2) is 36.8 Å². The van der Waals surface area contributed by atoms with E-state index in [1.165, 1.54) is 5.01 Å². The predicted molar refractivity (Wildman–Crippen MR) is 50.1 cm³/mol. The summed E-state index contributed by atoms with van der Waals surface area (Å²) in [6, 6.07) is 0. The van der Waals surface area contributed by atoms with Gasteiger partial charge in [0.05, 0.1) is 6.54 Å². The Kier molecular flexibility index (Phi) is 5.28. The SMILES string of the molecule is CCNCC(=O)N(C)N=C(C)C. The van der Waals surface area contributed by atoms with E-state index in [-0.39, 0.29) is 5.91 Å². The van der Waals surface area contributed by atoms with Crippen LogP contribution in [0.4, 0.5) is 0 Å². The first-order valence-corrected chi connectivity index (χ1v) is 4.07. The van der Waals surface area contributed by atoms with Crippen molar-refractivity contribution in [2.24, 2.45) is 5.10 Å². The van der Waals surface area contributed by atoms with E-state index in [0.717, 1.165) is 12.3 Å². The van der Waals surface area contributed by atoms with Gasteiger partial charge in [-0.05, 0) is 20.4 Å². The molecule has 1 amide bonds. The van der Waals surface area contributed by atoms with Crippen molar-refractivity contribution in [3.8, 4) is 0 Å². The van der Waals surface area contributed by atoms with E-state index in [2.05, 4.69) is 10.4 Å². The largest absolute Gasteiger partial charge is 0.309 e. The second-order valence-electron chi connectivity index (χ2n) is 2.74. The Hall–Kier alpha value is -0.900. The molecule has 0 fully saturated rings. The van der Waals surface area contributed by atoms with E-state index in [9.17, 15) is 4.79 Å². The van der Waals surface area contributed by atoms with Crippen LogP contribution >= 0.6 is 0 Å². The lowest BCUT2D eigenvalue weighted by molar-refractivity contribution is -0.128. The first-order valence-electron chi connectivity index (χ1n) is 4.07. The zero-order valence-corrected chi connectivity index (χ0v) is 8.22. The standard InChI is InChI=1S/C8H17N3O/c1-5-9-6-8(12)11(4)10-7(2)3/h9H,5-6H2,1-4H3. The Morgan fingerprint density at radius 1 is 1.50 bits per heavy atom. The van der Waals surface area contributed by atoms with Gasteiger partial charge < -0.3 is 5.32 Å². The van der Waals surface area contributed by atoms with Gasteiger partial charge in [-0.25, -0.2) is 5.01 Å². The highest BCUT2D eigenvalue weighted by Crippen LogP contribution is 1.86. The molecule has 4 nitrogen and oxygen atoms in total. The lowest BCUT2D eigenvalue weighted by Gasteiger charge is -2.11. The van der Waals surface area contributed by atoms with Gasteiger partial charge >= 0.3 is 0 Å². The summed E-state index contributed by atoms with van der Waals surface area (Å²) in [7, 11) is 1.66. The zero-order valence-electron chi connectivity index (χ0n) is 8.22. The first-order chi connectivity index (χ1) is 5.57. The number of hydrogen-bond acceptors (Lipinski definition) is 3. The number of nitrogens with zero attached hydrogens (tertiary/aromatic N) is 2. The number of carbonyl (C=O) groups is 1. The molecule has 0 saturated carbocycles. The van der Waals surface area contributed by atoms with Crippen LogP contribution in [0.1, 0.15) is 20.8 Å². The maximum atomic E-state index is 11.2. The van der Waals surface area contributed by atoms with Crippen LogP contribution in [0, 0.1) is 0 Å². The topological polar surface area (TPSA) is 44.7 Å². The normalized spacial score (nSPS) is 9.33. The quantitative estimate of drug-likeness (QED) is 0.493. The molecule has 0 aliphatic heterocycles. The molecule has 0 aromatic rings. The molecule has 0 aromatic heterocycles. The van der Waals surface area contributed by atoms with Crippen LogP contribution in [0.3, 0.4) is 0 Å². The van der Waals surface area contributed by atoms with Gasteiger partial charge in [-0.1, -0.05) is 6.92 Å². The third kappa shape index (κ3) is 4.85. The Morgan fingerprint density at radius 3 is 2.50 bits per heavy atom. The summed E-state index contributed by atoms with van der Waals surface area (Å²) in [5, 5.41) is 8.29. The molecule has 1 N–H and O–H groups in total. The van der Waals surface area contributed by atoms with Crippen molar-refractivity contribution in [2.45, 2.75) is 20.8 Å². The molecule has 0 aliphatic carbocycles. The van der Waals surface area contributed by atoms with Crippen molar-refractivity contribution in [1.82, 2.24) is 10.3 Å². The highest BCUT2D eigenvalue weighted by atomic mass is 16.2. The summed E-state index contributed by atoms with van der Waals surface area (Å²) in [5.74, 6) is -0.0157. The van der Waals surface area contributed by atoms with Crippen molar-refractivity contribution in [1.29, 1.82) is 0 Å². The average Bonchev–Trinajstić information content (AvgIpc) is 1.98. The lowest BCUT2D eigenvalue weighted by atomic mass is 10.5. The number of hydrazone groups is 1. The minimum atomic E-state index is -0.0157. The number of amides is 1. The number of carbonyl (C=O) groups excluding carboxylic acids is 1. The molecule has 0 rings (SSSR count). The fourth-order valence-electron chi connectivity index (χ4n) is 0.702. The molecule has 4 heteroatoms. The Bertz CT molecular complexity index is 173. The number of likely N-dealkylation sites (N-methyl/N-ethyl adjacent to an activating group) is 2. The molecule has 0 bridgehead atoms.